The number of benzene rings is 1. The zero-order chi connectivity index (χ0) is 13.1. The summed E-state index contributed by atoms with van der Waals surface area (Å²) in [7, 11) is 0. The first-order valence-electron chi connectivity index (χ1n) is 6.16. The van der Waals surface area contributed by atoms with Gasteiger partial charge < -0.3 is 19.9 Å². The van der Waals surface area contributed by atoms with Crippen molar-refractivity contribution >= 4 is 17.0 Å². The standard InChI is InChI=1S/C14H15NO3S/c16-12(8-15-11-3-6-19-9-11)10-1-2-13-14(7-10)18-5-4-17-13/h1-3,6-7,9,12,15-16H,4-5,8H2. The van der Waals surface area contributed by atoms with Gasteiger partial charge in [-0.3, -0.25) is 0 Å². The minimum atomic E-state index is -0.573. The maximum atomic E-state index is 10.2. The minimum Gasteiger partial charge on any atom is -0.486 e. The lowest BCUT2D eigenvalue weighted by Crippen LogP contribution is -2.16. The Morgan fingerprint density at radius 1 is 1.21 bits per heavy atom. The highest BCUT2D eigenvalue weighted by molar-refractivity contribution is 7.08. The Morgan fingerprint density at radius 2 is 2.05 bits per heavy atom. The number of aliphatic hydroxyl groups is 1. The number of ether oxygens (including phenoxy) is 2. The summed E-state index contributed by atoms with van der Waals surface area (Å²) in [6.45, 7) is 1.60. The fraction of sp³-hybridized carbons (Fsp3) is 0.286. The molecule has 2 aromatic rings. The van der Waals surface area contributed by atoms with Crippen molar-refractivity contribution < 1.29 is 14.6 Å². The number of rotatable bonds is 4. The molecule has 1 aliphatic rings. The van der Waals surface area contributed by atoms with E-state index in [2.05, 4.69) is 5.32 Å². The van der Waals surface area contributed by atoms with E-state index < -0.39 is 6.10 Å². The Balaban J connectivity index is 1.67. The minimum absolute atomic E-state index is 0.469. The third-order valence-electron chi connectivity index (χ3n) is 2.97. The lowest BCUT2D eigenvalue weighted by Gasteiger charge is -2.20. The molecule has 2 N–H and O–H groups in total. The summed E-state index contributed by atoms with van der Waals surface area (Å²) in [5, 5.41) is 17.4. The zero-order valence-corrected chi connectivity index (χ0v) is 11.2. The van der Waals surface area contributed by atoms with Crippen molar-refractivity contribution in [2.75, 3.05) is 25.1 Å². The molecule has 0 fully saturated rings. The Bertz CT molecular complexity index is 542. The summed E-state index contributed by atoms with van der Waals surface area (Å²) in [5.41, 5.74) is 1.86. The molecule has 0 saturated heterocycles. The van der Waals surface area contributed by atoms with Gasteiger partial charge in [0, 0.05) is 17.6 Å². The van der Waals surface area contributed by atoms with Crippen LogP contribution in [0.2, 0.25) is 0 Å². The molecule has 1 aliphatic heterocycles. The Labute approximate surface area is 115 Å². The van der Waals surface area contributed by atoms with E-state index >= 15 is 0 Å². The van der Waals surface area contributed by atoms with Crippen molar-refractivity contribution in [2.24, 2.45) is 0 Å². The third-order valence-corrected chi connectivity index (χ3v) is 3.65. The molecule has 1 unspecified atom stereocenters. The van der Waals surface area contributed by atoms with E-state index in [0.29, 0.717) is 25.5 Å². The number of aliphatic hydroxyl groups excluding tert-OH is 1. The second-order valence-electron chi connectivity index (χ2n) is 4.31. The van der Waals surface area contributed by atoms with Crippen LogP contribution in [-0.4, -0.2) is 24.9 Å². The van der Waals surface area contributed by atoms with Gasteiger partial charge in [0.1, 0.15) is 13.2 Å². The van der Waals surface area contributed by atoms with Crippen LogP contribution in [0, 0.1) is 0 Å². The molecule has 1 aromatic carbocycles. The van der Waals surface area contributed by atoms with Gasteiger partial charge >= 0.3 is 0 Å². The van der Waals surface area contributed by atoms with E-state index in [1.807, 2.05) is 35.0 Å². The van der Waals surface area contributed by atoms with Crippen LogP contribution in [0.15, 0.2) is 35.0 Å². The second-order valence-corrected chi connectivity index (χ2v) is 5.09. The van der Waals surface area contributed by atoms with Gasteiger partial charge in [-0.1, -0.05) is 6.07 Å². The maximum Gasteiger partial charge on any atom is 0.161 e. The number of fused-ring (bicyclic) bond motifs is 1. The SMILES string of the molecule is OC(CNc1ccsc1)c1ccc2c(c1)OCCO2. The molecule has 0 amide bonds. The molecular formula is C14H15NO3S. The first-order chi connectivity index (χ1) is 9.33. The smallest absolute Gasteiger partial charge is 0.161 e. The van der Waals surface area contributed by atoms with Gasteiger partial charge in [0.15, 0.2) is 11.5 Å². The van der Waals surface area contributed by atoms with Crippen molar-refractivity contribution in [1.82, 2.24) is 0 Å². The third kappa shape index (κ3) is 2.83. The summed E-state index contributed by atoms with van der Waals surface area (Å²) in [5.74, 6) is 1.45. The first-order valence-corrected chi connectivity index (χ1v) is 7.11. The molecule has 100 valence electrons. The molecule has 2 heterocycles. The van der Waals surface area contributed by atoms with Gasteiger partial charge in [0.05, 0.1) is 6.10 Å². The summed E-state index contributed by atoms with van der Waals surface area (Å²) in [6.07, 6.45) is -0.573. The average Bonchev–Trinajstić information content (AvgIpc) is 2.97. The molecule has 0 saturated carbocycles. The van der Waals surface area contributed by atoms with Crippen LogP contribution in [0.1, 0.15) is 11.7 Å². The number of anilines is 1. The van der Waals surface area contributed by atoms with E-state index in [4.69, 9.17) is 9.47 Å². The molecule has 4 nitrogen and oxygen atoms in total. The van der Waals surface area contributed by atoms with Crippen LogP contribution >= 0.6 is 11.3 Å². The Kier molecular flexibility index (Phi) is 3.57. The van der Waals surface area contributed by atoms with Crippen molar-refractivity contribution in [2.45, 2.75) is 6.10 Å². The van der Waals surface area contributed by atoms with Crippen molar-refractivity contribution in [1.29, 1.82) is 0 Å². The molecule has 0 spiro atoms. The van der Waals surface area contributed by atoms with Crippen LogP contribution in [0.5, 0.6) is 11.5 Å². The molecular weight excluding hydrogens is 262 g/mol. The van der Waals surface area contributed by atoms with E-state index in [1.165, 1.54) is 0 Å². The first kappa shape index (κ1) is 12.3. The molecule has 19 heavy (non-hydrogen) atoms. The molecule has 0 bridgehead atoms. The van der Waals surface area contributed by atoms with E-state index in [9.17, 15) is 5.11 Å². The molecule has 1 atom stereocenters. The van der Waals surface area contributed by atoms with E-state index in [1.54, 1.807) is 11.3 Å². The summed E-state index contributed by atoms with van der Waals surface area (Å²) < 4.78 is 11.0. The quantitative estimate of drug-likeness (QED) is 0.902. The normalized spacial score (nSPS) is 15.0. The number of hydrogen-bond acceptors (Lipinski definition) is 5. The highest BCUT2D eigenvalue weighted by atomic mass is 32.1. The molecule has 3 rings (SSSR count). The number of nitrogens with one attached hydrogen (secondary N) is 1. The topological polar surface area (TPSA) is 50.7 Å². The second kappa shape index (κ2) is 5.50. The van der Waals surface area contributed by atoms with Gasteiger partial charge in [0.25, 0.3) is 0 Å². The Morgan fingerprint density at radius 3 is 2.84 bits per heavy atom. The van der Waals surface area contributed by atoms with Crippen LogP contribution in [0.25, 0.3) is 0 Å². The largest absolute Gasteiger partial charge is 0.486 e. The van der Waals surface area contributed by atoms with Gasteiger partial charge in [-0.15, -0.1) is 0 Å². The van der Waals surface area contributed by atoms with Gasteiger partial charge in [-0.05, 0) is 29.1 Å². The van der Waals surface area contributed by atoms with Crippen LogP contribution < -0.4 is 14.8 Å². The van der Waals surface area contributed by atoms with Crippen LogP contribution in [-0.2, 0) is 0 Å². The van der Waals surface area contributed by atoms with Gasteiger partial charge in [0.2, 0.25) is 0 Å². The van der Waals surface area contributed by atoms with Crippen molar-refractivity contribution in [3.8, 4) is 11.5 Å². The average molecular weight is 277 g/mol. The highest BCUT2D eigenvalue weighted by Gasteiger charge is 2.15. The molecule has 0 radical (unpaired) electrons. The zero-order valence-electron chi connectivity index (χ0n) is 10.3. The van der Waals surface area contributed by atoms with Crippen molar-refractivity contribution in [3.05, 3.63) is 40.6 Å². The molecule has 5 heteroatoms. The lowest BCUT2D eigenvalue weighted by molar-refractivity contribution is 0.167. The summed E-state index contributed by atoms with van der Waals surface area (Å²) >= 11 is 1.63. The molecule has 0 aliphatic carbocycles. The number of thiophene rings is 1. The maximum absolute atomic E-state index is 10.2. The predicted molar refractivity (Wildman–Crippen MR) is 75.2 cm³/mol. The summed E-state index contributed by atoms with van der Waals surface area (Å²) in [4.78, 5) is 0. The summed E-state index contributed by atoms with van der Waals surface area (Å²) in [6, 6.07) is 7.54. The van der Waals surface area contributed by atoms with Gasteiger partial charge in [-0.25, -0.2) is 0 Å². The van der Waals surface area contributed by atoms with E-state index in [0.717, 1.165) is 17.0 Å². The Hall–Kier alpha value is -1.72. The molecule has 1 aromatic heterocycles. The van der Waals surface area contributed by atoms with Crippen molar-refractivity contribution in [3.63, 3.8) is 0 Å². The lowest BCUT2D eigenvalue weighted by atomic mass is 10.1. The highest BCUT2D eigenvalue weighted by Crippen LogP contribution is 2.32. The van der Waals surface area contributed by atoms with E-state index in [-0.39, 0.29) is 0 Å². The fourth-order valence-corrected chi connectivity index (χ4v) is 2.58. The monoisotopic (exact) mass is 277 g/mol. The fourth-order valence-electron chi connectivity index (χ4n) is 1.96. The van der Waals surface area contributed by atoms with Crippen LogP contribution in [0.3, 0.4) is 0 Å². The van der Waals surface area contributed by atoms with Crippen LogP contribution in [0.4, 0.5) is 5.69 Å². The van der Waals surface area contributed by atoms with Gasteiger partial charge in [-0.2, -0.15) is 11.3 Å². The predicted octanol–water partition coefficient (Wildman–Crippen LogP) is 2.66. The number of hydrogen-bond donors (Lipinski definition) is 2.